The second-order valence-corrected chi connectivity index (χ2v) is 4.14. The van der Waals surface area contributed by atoms with Crippen molar-refractivity contribution in [2.45, 2.75) is 13.0 Å². The molecule has 17 heavy (non-hydrogen) atoms. The normalized spacial score (nSPS) is 12.4. The van der Waals surface area contributed by atoms with E-state index in [0.29, 0.717) is 12.1 Å². The van der Waals surface area contributed by atoms with Gasteiger partial charge in [-0.2, -0.15) is 0 Å². The maximum absolute atomic E-state index is 12.1. The number of carbonyl (C=O) groups is 1. The van der Waals surface area contributed by atoms with Crippen molar-refractivity contribution in [3.63, 3.8) is 0 Å². The number of rotatable bonds is 3. The van der Waals surface area contributed by atoms with E-state index >= 15 is 0 Å². The molecule has 0 saturated carbocycles. The van der Waals surface area contributed by atoms with E-state index < -0.39 is 0 Å². The minimum atomic E-state index is -0.0697. The molecule has 0 aliphatic carbocycles. The van der Waals surface area contributed by atoms with Crippen LogP contribution >= 0.6 is 0 Å². The fraction of sp³-hybridized carbons (Fsp3) is 0.214. The van der Waals surface area contributed by atoms with E-state index in [2.05, 4.69) is 5.32 Å². The van der Waals surface area contributed by atoms with Crippen molar-refractivity contribution in [1.29, 1.82) is 0 Å². The lowest BCUT2D eigenvalue weighted by atomic mass is 10.0. The van der Waals surface area contributed by atoms with Crippen LogP contribution in [0.3, 0.4) is 0 Å². The summed E-state index contributed by atoms with van der Waals surface area (Å²) in [6.07, 6.45) is 0. The van der Waals surface area contributed by atoms with Crippen molar-refractivity contribution in [1.82, 2.24) is 5.32 Å². The molecule has 3 N–H and O–H groups in total. The van der Waals surface area contributed by atoms with Crippen LogP contribution in [0.15, 0.2) is 42.5 Å². The number of hydrogen-bond acceptors (Lipinski definition) is 2. The zero-order valence-corrected chi connectivity index (χ0v) is 9.81. The predicted molar refractivity (Wildman–Crippen MR) is 69.9 cm³/mol. The Morgan fingerprint density at radius 2 is 1.94 bits per heavy atom. The minimum Gasteiger partial charge on any atom is -0.348 e. The van der Waals surface area contributed by atoms with Crippen LogP contribution in [0.4, 0.5) is 0 Å². The van der Waals surface area contributed by atoms with Gasteiger partial charge in [0.25, 0.3) is 5.91 Å². The molecule has 0 bridgehead atoms. The highest BCUT2D eigenvalue weighted by molar-refractivity contribution is 6.07. The first-order valence-corrected chi connectivity index (χ1v) is 5.71. The lowest BCUT2D eigenvalue weighted by molar-refractivity contribution is 0.0943. The first kappa shape index (κ1) is 11.6. The van der Waals surface area contributed by atoms with E-state index in [4.69, 9.17) is 5.73 Å². The van der Waals surface area contributed by atoms with Gasteiger partial charge in [0, 0.05) is 18.2 Å². The Balaban J connectivity index is 2.38. The largest absolute Gasteiger partial charge is 0.348 e. The van der Waals surface area contributed by atoms with Crippen molar-refractivity contribution in [2.24, 2.45) is 5.73 Å². The monoisotopic (exact) mass is 228 g/mol. The van der Waals surface area contributed by atoms with E-state index in [9.17, 15) is 4.79 Å². The van der Waals surface area contributed by atoms with E-state index in [1.54, 1.807) is 0 Å². The number of fused-ring (bicyclic) bond motifs is 1. The summed E-state index contributed by atoms with van der Waals surface area (Å²) >= 11 is 0. The fourth-order valence-electron chi connectivity index (χ4n) is 1.78. The maximum Gasteiger partial charge on any atom is 0.252 e. The van der Waals surface area contributed by atoms with Gasteiger partial charge in [-0.15, -0.1) is 0 Å². The summed E-state index contributed by atoms with van der Waals surface area (Å²) in [7, 11) is 0. The molecule has 1 atom stereocenters. The topological polar surface area (TPSA) is 55.1 Å². The second-order valence-electron chi connectivity index (χ2n) is 4.14. The van der Waals surface area contributed by atoms with Crippen molar-refractivity contribution in [2.75, 3.05) is 6.54 Å². The van der Waals surface area contributed by atoms with Crippen LogP contribution in [-0.4, -0.2) is 18.5 Å². The molecule has 3 nitrogen and oxygen atoms in total. The number of benzene rings is 2. The van der Waals surface area contributed by atoms with Gasteiger partial charge in [0.05, 0.1) is 0 Å². The number of hydrogen-bond donors (Lipinski definition) is 2. The molecule has 0 aromatic heterocycles. The third kappa shape index (κ3) is 2.45. The Morgan fingerprint density at radius 1 is 1.24 bits per heavy atom. The molecule has 0 unspecified atom stereocenters. The standard InChI is InChI=1S/C14H16N2O/c1-10(9-15)16-14(17)13-8-4-6-11-5-2-3-7-12(11)13/h2-8,10H,9,15H2,1H3,(H,16,17)/t10-/m1/s1. The van der Waals surface area contributed by atoms with Crippen LogP contribution in [0.5, 0.6) is 0 Å². The molecule has 3 heteroatoms. The summed E-state index contributed by atoms with van der Waals surface area (Å²) in [5.41, 5.74) is 6.19. The number of nitrogens with one attached hydrogen (secondary N) is 1. The molecule has 0 aliphatic heterocycles. The van der Waals surface area contributed by atoms with E-state index in [1.165, 1.54) is 0 Å². The Labute approximate surface area is 101 Å². The molecule has 2 aromatic carbocycles. The average Bonchev–Trinajstić information content (AvgIpc) is 2.37. The molecule has 2 rings (SSSR count). The van der Waals surface area contributed by atoms with E-state index in [0.717, 1.165) is 10.8 Å². The summed E-state index contributed by atoms with van der Waals surface area (Å²) < 4.78 is 0. The van der Waals surface area contributed by atoms with Crippen LogP contribution in [0.25, 0.3) is 10.8 Å². The van der Waals surface area contributed by atoms with Crippen LogP contribution in [0, 0.1) is 0 Å². The highest BCUT2D eigenvalue weighted by Gasteiger charge is 2.11. The molecule has 88 valence electrons. The quantitative estimate of drug-likeness (QED) is 0.843. The Morgan fingerprint density at radius 3 is 2.71 bits per heavy atom. The highest BCUT2D eigenvalue weighted by Crippen LogP contribution is 2.18. The van der Waals surface area contributed by atoms with Gasteiger partial charge in [-0.05, 0) is 23.8 Å². The van der Waals surface area contributed by atoms with Crippen LogP contribution in [-0.2, 0) is 0 Å². The molecule has 0 aliphatic rings. The summed E-state index contributed by atoms with van der Waals surface area (Å²) in [4.78, 5) is 12.1. The molecule has 0 spiro atoms. The van der Waals surface area contributed by atoms with Crippen molar-refractivity contribution >= 4 is 16.7 Å². The fourth-order valence-corrected chi connectivity index (χ4v) is 1.78. The molecule has 2 aromatic rings. The van der Waals surface area contributed by atoms with E-state index in [1.807, 2.05) is 49.4 Å². The number of carbonyl (C=O) groups excluding carboxylic acids is 1. The molecule has 0 heterocycles. The minimum absolute atomic E-state index is 0.0125. The SMILES string of the molecule is C[C@H](CN)NC(=O)c1cccc2ccccc12. The third-order valence-corrected chi connectivity index (χ3v) is 2.77. The maximum atomic E-state index is 12.1. The van der Waals surface area contributed by atoms with Gasteiger partial charge in [0.15, 0.2) is 0 Å². The molecule has 1 amide bonds. The average molecular weight is 228 g/mol. The first-order chi connectivity index (χ1) is 8.22. The number of nitrogens with two attached hydrogens (primary N) is 1. The summed E-state index contributed by atoms with van der Waals surface area (Å²) in [6.45, 7) is 2.33. The predicted octanol–water partition coefficient (Wildman–Crippen LogP) is 1.92. The lowest BCUT2D eigenvalue weighted by Gasteiger charge is -2.12. The molecular weight excluding hydrogens is 212 g/mol. The summed E-state index contributed by atoms with van der Waals surface area (Å²) in [5, 5.41) is 4.91. The van der Waals surface area contributed by atoms with Crippen molar-refractivity contribution < 1.29 is 4.79 Å². The van der Waals surface area contributed by atoms with Gasteiger partial charge < -0.3 is 11.1 Å². The summed E-state index contributed by atoms with van der Waals surface area (Å²) in [5.74, 6) is -0.0697. The molecule has 0 saturated heterocycles. The van der Waals surface area contributed by atoms with Gasteiger partial charge in [0.2, 0.25) is 0 Å². The molecular formula is C14H16N2O. The Kier molecular flexibility index (Phi) is 3.40. The Bertz CT molecular complexity index is 531. The van der Waals surface area contributed by atoms with Gasteiger partial charge in [0.1, 0.15) is 0 Å². The van der Waals surface area contributed by atoms with Crippen LogP contribution in [0.1, 0.15) is 17.3 Å². The van der Waals surface area contributed by atoms with Crippen molar-refractivity contribution in [3.05, 3.63) is 48.0 Å². The highest BCUT2D eigenvalue weighted by atomic mass is 16.1. The van der Waals surface area contributed by atoms with Crippen molar-refractivity contribution in [3.8, 4) is 0 Å². The lowest BCUT2D eigenvalue weighted by Crippen LogP contribution is -2.37. The van der Waals surface area contributed by atoms with Crippen LogP contribution < -0.4 is 11.1 Å². The van der Waals surface area contributed by atoms with E-state index in [-0.39, 0.29) is 11.9 Å². The molecule has 0 radical (unpaired) electrons. The number of amides is 1. The van der Waals surface area contributed by atoms with Gasteiger partial charge in [-0.3, -0.25) is 4.79 Å². The summed E-state index contributed by atoms with van der Waals surface area (Å²) in [6, 6.07) is 13.6. The van der Waals surface area contributed by atoms with Gasteiger partial charge in [-0.25, -0.2) is 0 Å². The zero-order chi connectivity index (χ0) is 12.3. The zero-order valence-electron chi connectivity index (χ0n) is 9.81. The second kappa shape index (κ2) is 4.97. The van der Waals surface area contributed by atoms with Gasteiger partial charge >= 0.3 is 0 Å². The third-order valence-electron chi connectivity index (χ3n) is 2.77. The smallest absolute Gasteiger partial charge is 0.252 e. The van der Waals surface area contributed by atoms with Crippen LogP contribution in [0.2, 0.25) is 0 Å². The first-order valence-electron chi connectivity index (χ1n) is 5.71. The Hall–Kier alpha value is -1.87. The van der Waals surface area contributed by atoms with Gasteiger partial charge in [-0.1, -0.05) is 36.4 Å². The molecule has 0 fully saturated rings.